The van der Waals surface area contributed by atoms with E-state index in [0.29, 0.717) is 42.6 Å². The van der Waals surface area contributed by atoms with Crippen LogP contribution in [0.4, 0.5) is 5.82 Å². The molecule has 176 valence electrons. The molecule has 33 heavy (non-hydrogen) atoms. The predicted molar refractivity (Wildman–Crippen MR) is 130 cm³/mol. The Morgan fingerprint density at radius 2 is 2.12 bits per heavy atom. The van der Waals surface area contributed by atoms with Gasteiger partial charge >= 0.3 is 0 Å². The molecule has 0 saturated carbocycles. The summed E-state index contributed by atoms with van der Waals surface area (Å²) < 4.78 is 12.6. The van der Waals surface area contributed by atoms with Crippen LogP contribution in [0.15, 0.2) is 29.6 Å². The van der Waals surface area contributed by atoms with Gasteiger partial charge in [-0.3, -0.25) is 4.79 Å². The second kappa shape index (κ2) is 11.0. The third-order valence-corrected chi connectivity index (χ3v) is 6.51. The van der Waals surface area contributed by atoms with Crippen LogP contribution in [-0.4, -0.2) is 71.4 Å². The molecule has 1 saturated heterocycles. The number of fused-ring (bicyclic) bond motifs is 1. The molecule has 4 rings (SSSR count). The Morgan fingerprint density at radius 3 is 2.88 bits per heavy atom. The molecule has 0 aliphatic carbocycles. The van der Waals surface area contributed by atoms with E-state index in [9.17, 15) is 4.79 Å². The summed E-state index contributed by atoms with van der Waals surface area (Å²) in [5.41, 5.74) is 1.16. The lowest BCUT2D eigenvalue weighted by Gasteiger charge is -2.28. The zero-order valence-electron chi connectivity index (χ0n) is 18.7. The minimum atomic E-state index is -0.256. The van der Waals surface area contributed by atoms with Gasteiger partial charge in [-0.1, -0.05) is 30.3 Å². The number of thioether (sulfide) groups is 1. The highest BCUT2D eigenvalue weighted by molar-refractivity contribution is 7.99. The minimum absolute atomic E-state index is 0.256. The number of benzene rings is 1. The van der Waals surface area contributed by atoms with E-state index in [2.05, 4.69) is 22.2 Å². The number of nitrogens with zero attached hydrogens (tertiary/aromatic N) is 5. The van der Waals surface area contributed by atoms with E-state index in [1.54, 1.807) is 36.2 Å². The Bertz CT molecular complexity index is 1120. The molecule has 3 aromatic rings. The zero-order valence-corrected chi connectivity index (χ0v) is 20.3. The SMILES string of the molecule is CCCSc1nc(N2CCOCC2)c2cnn(CCNC(=O)c3cc(Cl)ccc3OC)c2n1. The highest BCUT2D eigenvalue weighted by Gasteiger charge is 2.20. The normalized spacial score (nSPS) is 14.0. The van der Waals surface area contributed by atoms with Crippen molar-refractivity contribution in [3.63, 3.8) is 0 Å². The molecule has 1 fully saturated rings. The number of hydrogen-bond donors (Lipinski definition) is 1. The zero-order chi connectivity index (χ0) is 23.2. The molecule has 11 heteroatoms. The summed E-state index contributed by atoms with van der Waals surface area (Å²) in [7, 11) is 1.52. The quantitative estimate of drug-likeness (QED) is 0.361. The van der Waals surface area contributed by atoms with Gasteiger partial charge < -0.3 is 19.7 Å². The van der Waals surface area contributed by atoms with Crippen molar-refractivity contribution in [1.82, 2.24) is 25.1 Å². The fourth-order valence-corrected chi connectivity index (χ4v) is 4.45. The second-order valence-corrected chi connectivity index (χ2v) is 8.98. The van der Waals surface area contributed by atoms with Gasteiger partial charge in [0, 0.05) is 30.4 Å². The highest BCUT2D eigenvalue weighted by atomic mass is 35.5. The Balaban J connectivity index is 1.53. The summed E-state index contributed by atoms with van der Waals surface area (Å²) in [5.74, 6) is 2.05. The Hall–Kier alpha value is -2.56. The van der Waals surface area contributed by atoms with Gasteiger partial charge in [0.05, 0.1) is 44.0 Å². The smallest absolute Gasteiger partial charge is 0.255 e. The van der Waals surface area contributed by atoms with Crippen molar-refractivity contribution in [3.8, 4) is 5.75 Å². The van der Waals surface area contributed by atoms with Gasteiger partial charge in [0.15, 0.2) is 10.8 Å². The fourth-order valence-electron chi connectivity index (χ4n) is 3.59. The van der Waals surface area contributed by atoms with E-state index in [1.165, 1.54) is 7.11 Å². The van der Waals surface area contributed by atoms with Crippen molar-refractivity contribution in [2.45, 2.75) is 25.0 Å². The third-order valence-electron chi connectivity index (χ3n) is 5.22. The first-order valence-corrected chi connectivity index (χ1v) is 12.3. The van der Waals surface area contributed by atoms with Crippen LogP contribution in [0.25, 0.3) is 11.0 Å². The van der Waals surface area contributed by atoms with Gasteiger partial charge in [-0.05, 0) is 24.6 Å². The molecule has 2 aromatic heterocycles. The summed E-state index contributed by atoms with van der Waals surface area (Å²) in [6.45, 7) is 5.90. The van der Waals surface area contributed by atoms with E-state index in [-0.39, 0.29) is 5.91 Å². The molecule has 0 bridgehead atoms. The molecule has 0 radical (unpaired) electrons. The number of anilines is 1. The molecule has 1 aromatic carbocycles. The maximum atomic E-state index is 12.7. The first-order chi connectivity index (χ1) is 16.1. The van der Waals surface area contributed by atoms with Crippen molar-refractivity contribution in [2.24, 2.45) is 0 Å². The van der Waals surface area contributed by atoms with Crippen LogP contribution in [0.2, 0.25) is 5.02 Å². The lowest BCUT2D eigenvalue weighted by atomic mass is 10.2. The standard InChI is InChI=1S/C22H27ClN6O3S/c1-3-12-33-22-26-19(28-8-10-32-11-9-28)17-14-25-29(20(17)27-22)7-6-24-21(30)16-13-15(23)4-5-18(16)31-2/h4-5,13-14H,3,6-12H2,1-2H3,(H,24,30). The van der Waals surface area contributed by atoms with E-state index in [4.69, 9.17) is 31.0 Å². The summed E-state index contributed by atoms with van der Waals surface area (Å²) >= 11 is 7.69. The number of amides is 1. The number of methoxy groups -OCH3 is 1. The van der Waals surface area contributed by atoms with Crippen molar-refractivity contribution in [3.05, 3.63) is 35.0 Å². The second-order valence-electron chi connectivity index (χ2n) is 7.48. The molecule has 1 aliphatic heterocycles. The number of ether oxygens (including phenoxy) is 2. The van der Waals surface area contributed by atoms with E-state index in [0.717, 1.165) is 47.3 Å². The highest BCUT2D eigenvalue weighted by Crippen LogP contribution is 2.28. The average Bonchev–Trinajstić information content (AvgIpc) is 3.25. The Morgan fingerprint density at radius 1 is 1.30 bits per heavy atom. The average molecular weight is 491 g/mol. The van der Waals surface area contributed by atoms with Crippen molar-refractivity contribution in [2.75, 3.05) is 50.6 Å². The van der Waals surface area contributed by atoms with Gasteiger partial charge in [-0.25, -0.2) is 14.6 Å². The lowest BCUT2D eigenvalue weighted by molar-refractivity contribution is 0.0949. The maximum absolute atomic E-state index is 12.7. The lowest BCUT2D eigenvalue weighted by Crippen LogP contribution is -2.37. The summed E-state index contributed by atoms with van der Waals surface area (Å²) in [6, 6.07) is 4.96. The predicted octanol–water partition coefficient (Wildman–Crippen LogP) is 3.26. The fraction of sp³-hybridized carbons (Fsp3) is 0.455. The van der Waals surface area contributed by atoms with Gasteiger partial charge in [-0.2, -0.15) is 5.10 Å². The number of carbonyl (C=O) groups is 1. The van der Waals surface area contributed by atoms with Crippen molar-refractivity contribution in [1.29, 1.82) is 0 Å². The van der Waals surface area contributed by atoms with Gasteiger partial charge in [0.2, 0.25) is 0 Å². The van der Waals surface area contributed by atoms with Crippen LogP contribution in [0.3, 0.4) is 0 Å². The Labute approximate surface area is 201 Å². The van der Waals surface area contributed by atoms with Crippen molar-refractivity contribution >= 4 is 46.1 Å². The molecule has 0 unspecified atom stereocenters. The molecule has 1 aliphatic rings. The van der Waals surface area contributed by atoms with Crippen LogP contribution in [-0.2, 0) is 11.3 Å². The number of aromatic nitrogens is 4. The Kier molecular flexibility index (Phi) is 7.89. The largest absolute Gasteiger partial charge is 0.496 e. The monoisotopic (exact) mass is 490 g/mol. The summed E-state index contributed by atoms with van der Waals surface area (Å²) in [4.78, 5) is 24.5. The first-order valence-electron chi connectivity index (χ1n) is 10.9. The molecule has 0 atom stereocenters. The van der Waals surface area contributed by atoms with E-state index in [1.807, 2.05) is 4.68 Å². The van der Waals surface area contributed by atoms with Crippen LogP contribution in [0.1, 0.15) is 23.7 Å². The molecule has 3 heterocycles. The number of nitrogens with one attached hydrogen (secondary N) is 1. The van der Waals surface area contributed by atoms with Crippen molar-refractivity contribution < 1.29 is 14.3 Å². The topological polar surface area (TPSA) is 94.4 Å². The molecule has 1 amide bonds. The number of morpholine rings is 1. The summed E-state index contributed by atoms with van der Waals surface area (Å²) in [6.07, 6.45) is 2.84. The number of hydrogen-bond acceptors (Lipinski definition) is 8. The molecule has 9 nitrogen and oxygen atoms in total. The number of carbonyl (C=O) groups excluding carboxylic acids is 1. The maximum Gasteiger partial charge on any atom is 0.255 e. The first kappa shape index (κ1) is 23.6. The van der Waals surface area contributed by atoms with Crippen LogP contribution < -0.4 is 15.0 Å². The summed E-state index contributed by atoms with van der Waals surface area (Å²) in [5, 5.41) is 9.57. The van der Waals surface area contributed by atoms with Crippen LogP contribution in [0, 0.1) is 0 Å². The molecular weight excluding hydrogens is 464 g/mol. The number of halogens is 1. The minimum Gasteiger partial charge on any atom is -0.496 e. The molecule has 0 spiro atoms. The third kappa shape index (κ3) is 5.51. The van der Waals surface area contributed by atoms with E-state index >= 15 is 0 Å². The van der Waals surface area contributed by atoms with Gasteiger partial charge in [0.1, 0.15) is 11.6 Å². The molecular formula is C22H27ClN6O3S. The van der Waals surface area contributed by atoms with Crippen LogP contribution in [0.5, 0.6) is 5.75 Å². The van der Waals surface area contributed by atoms with Gasteiger partial charge in [-0.15, -0.1) is 0 Å². The van der Waals surface area contributed by atoms with E-state index < -0.39 is 0 Å². The van der Waals surface area contributed by atoms with Crippen LogP contribution >= 0.6 is 23.4 Å². The van der Waals surface area contributed by atoms with Gasteiger partial charge in [0.25, 0.3) is 5.91 Å². The number of rotatable bonds is 9. The molecule has 1 N–H and O–H groups in total.